The lowest BCUT2D eigenvalue weighted by Crippen LogP contribution is -2.25. The van der Waals surface area contributed by atoms with Crippen molar-refractivity contribution >= 4 is 15.9 Å². The van der Waals surface area contributed by atoms with Crippen LogP contribution >= 0.6 is 15.9 Å². The zero-order valence-electron chi connectivity index (χ0n) is 6.80. The first kappa shape index (κ1) is 13.1. The zero-order chi connectivity index (χ0) is 10.5. The lowest BCUT2D eigenvalue weighted by atomic mass is 10.1. The monoisotopic (exact) mass is 268 g/mol. The van der Waals surface area contributed by atoms with Gasteiger partial charge in [0, 0.05) is 11.8 Å². The zero-order valence-corrected chi connectivity index (χ0v) is 8.39. The van der Waals surface area contributed by atoms with E-state index >= 15 is 0 Å². The molecule has 0 radical (unpaired) electrons. The summed E-state index contributed by atoms with van der Waals surface area (Å²) in [4.78, 5) is 0. The molecule has 0 nitrogen and oxygen atoms in total. The Morgan fingerprint density at radius 3 is 1.85 bits per heavy atom. The van der Waals surface area contributed by atoms with Crippen LogP contribution in [0, 0.1) is 0 Å². The van der Waals surface area contributed by atoms with Gasteiger partial charge in [-0.2, -0.15) is 13.2 Å². The van der Waals surface area contributed by atoms with Crippen molar-refractivity contribution in [3.05, 3.63) is 0 Å². The highest BCUT2D eigenvalue weighted by molar-refractivity contribution is 9.09. The third kappa shape index (κ3) is 8.46. The summed E-state index contributed by atoms with van der Waals surface area (Å²) in [7, 11) is 0. The van der Waals surface area contributed by atoms with Crippen molar-refractivity contribution in [1.29, 1.82) is 0 Å². The normalized spacial score (nSPS) is 13.4. The Morgan fingerprint density at radius 2 is 1.46 bits per heavy atom. The lowest BCUT2D eigenvalue weighted by Gasteiger charge is -2.17. The third-order valence-corrected chi connectivity index (χ3v) is 1.95. The molecule has 0 aromatic carbocycles. The summed E-state index contributed by atoms with van der Waals surface area (Å²) in [5, 5.41) is 0.537. The van der Waals surface area contributed by atoms with E-state index in [0.29, 0.717) is 11.8 Å². The largest absolute Gasteiger partial charge is 0.394 e. The molecule has 0 aliphatic rings. The fourth-order valence-corrected chi connectivity index (χ4v) is 1.26. The van der Waals surface area contributed by atoms with Crippen molar-refractivity contribution in [1.82, 2.24) is 0 Å². The minimum atomic E-state index is -4.78. The Kier molecular flexibility index (Phi) is 5.17. The van der Waals surface area contributed by atoms with Gasteiger partial charge in [-0.3, -0.25) is 0 Å². The van der Waals surface area contributed by atoms with E-state index < -0.39 is 24.9 Å². The summed E-state index contributed by atoms with van der Waals surface area (Å²) in [6, 6.07) is 0. The Hall–Kier alpha value is 0.130. The maximum Gasteiger partial charge on any atom is 0.394 e. The van der Waals surface area contributed by atoms with E-state index in [1.807, 2.05) is 0 Å². The van der Waals surface area contributed by atoms with Crippen molar-refractivity contribution in [3.63, 3.8) is 0 Å². The van der Waals surface area contributed by atoms with Crippen LogP contribution in [-0.4, -0.2) is 17.4 Å². The Bertz CT molecular complexity index is 142. The van der Waals surface area contributed by atoms with Gasteiger partial charge in [0.2, 0.25) is 0 Å². The van der Waals surface area contributed by atoms with Crippen LogP contribution in [0.15, 0.2) is 0 Å². The van der Waals surface area contributed by atoms with Gasteiger partial charge in [0.15, 0.2) is 0 Å². The van der Waals surface area contributed by atoms with Crippen LogP contribution in [0.25, 0.3) is 0 Å². The van der Waals surface area contributed by atoms with Crippen LogP contribution in [0.2, 0.25) is 0 Å². The molecule has 0 rings (SSSR count). The second kappa shape index (κ2) is 5.12. The highest BCUT2D eigenvalue weighted by Gasteiger charge is 2.42. The van der Waals surface area contributed by atoms with Gasteiger partial charge in [0.1, 0.15) is 6.42 Å². The molecule has 0 aliphatic heterocycles. The van der Waals surface area contributed by atoms with E-state index in [2.05, 4.69) is 15.9 Å². The lowest BCUT2D eigenvalue weighted by molar-refractivity contribution is -0.189. The maximum atomic E-state index is 12.5. The molecule has 0 heterocycles. The fraction of sp³-hybridized carbons (Fsp3) is 1.00. The predicted octanol–water partition coefficient (Wildman–Crippen LogP) is 4.14. The van der Waals surface area contributed by atoms with Gasteiger partial charge in [0.25, 0.3) is 5.92 Å². The first-order valence-corrected chi connectivity index (χ1v) is 4.89. The van der Waals surface area contributed by atoms with E-state index in [1.54, 1.807) is 0 Å². The van der Waals surface area contributed by atoms with E-state index in [9.17, 15) is 22.0 Å². The van der Waals surface area contributed by atoms with Crippen LogP contribution in [0.1, 0.15) is 25.7 Å². The van der Waals surface area contributed by atoms with Gasteiger partial charge >= 0.3 is 6.18 Å². The summed E-state index contributed by atoms with van der Waals surface area (Å²) in [5.41, 5.74) is 0. The standard InChI is InChI=1S/C7H10BrF5/c8-4-2-1-3-6(9,10)5-7(11,12)13/h1-5H2. The SMILES string of the molecule is FC(F)(F)CC(F)(F)CCCCBr. The molecule has 0 saturated carbocycles. The highest BCUT2D eigenvalue weighted by atomic mass is 79.9. The fourth-order valence-electron chi connectivity index (χ4n) is 0.860. The number of hydrogen-bond donors (Lipinski definition) is 0. The van der Waals surface area contributed by atoms with Crippen LogP contribution < -0.4 is 0 Å². The summed E-state index contributed by atoms with van der Waals surface area (Å²) >= 11 is 3.01. The minimum Gasteiger partial charge on any atom is -0.207 e. The van der Waals surface area contributed by atoms with E-state index in [-0.39, 0.29) is 6.42 Å². The van der Waals surface area contributed by atoms with Gasteiger partial charge in [-0.25, -0.2) is 8.78 Å². The molecule has 80 valence electrons. The average Bonchev–Trinajstić information content (AvgIpc) is 1.81. The quantitative estimate of drug-likeness (QED) is 0.399. The molecule has 0 unspecified atom stereocenters. The Balaban J connectivity index is 3.80. The number of rotatable bonds is 5. The molecule has 6 heteroatoms. The number of alkyl halides is 6. The maximum absolute atomic E-state index is 12.5. The van der Waals surface area contributed by atoms with Crippen molar-refractivity contribution in [2.45, 2.75) is 37.8 Å². The Morgan fingerprint density at radius 1 is 0.923 bits per heavy atom. The molecule has 0 bridgehead atoms. The van der Waals surface area contributed by atoms with Crippen molar-refractivity contribution in [3.8, 4) is 0 Å². The molecule has 0 fully saturated rings. The number of unbranched alkanes of at least 4 members (excludes halogenated alkanes) is 1. The average molecular weight is 269 g/mol. The van der Waals surface area contributed by atoms with Crippen molar-refractivity contribution < 1.29 is 22.0 Å². The predicted molar refractivity (Wildman–Crippen MR) is 43.3 cm³/mol. The van der Waals surface area contributed by atoms with Crippen molar-refractivity contribution in [2.75, 3.05) is 5.33 Å². The summed E-state index contributed by atoms with van der Waals surface area (Å²) in [6.45, 7) is 0. The van der Waals surface area contributed by atoms with Crippen LogP contribution in [-0.2, 0) is 0 Å². The molecule has 0 amide bonds. The van der Waals surface area contributed by atoms with Crippen LogP contribution in [0.4, 0.5) is 22.0 Å². The molecule has 0 aromatic heterocycles. The molecule has 0 aliphatic carbocycles. The van der Waals surface area contributed by atoms with Gasteiger partial charge in [-0.15, -0.1) is 0 Å². The molecular weight excluding hydrogens is 259 g/mol. The molecule has 0 spiro atoms. The topological polar surface area (TPSA) is 0 Å². The molecule has 0 N–H and O–H groups in total. The summed E-state index contributed by atoms with van der Waals surface area (Å²) in [5.74, 6) is -3.61. The van der Waals surface area contributed by atoms with Crippen molar-refractivity contribution in [2.24, 2.45) is 0 Å². The second-order valence-electron chi connectivity index (χ2n) is 2.79. The van der Waals surface area contributed by atoms with E-state index in [0.717, 1.165) is 0 Å². The molecule has 0 aromatic rings. The second-order valence-corrected chi connectivity index (χ2v) is 3.59. The molecule has 0 saturated heterocycles. The Labute approximate surface area is 81.6 Å². The van der Waals surface area contributed by atoms with Crippen LogP contribution in [0.3, 0.4) is 0 Å². The molecule has 13 heavy (non-hydrogen) atoms. The third-order valence-electron chi connectivity index (χ3n) is 1.39. The minimum absolute atomic E-state index is 0.105. The van der Waals surface area contributed by atoms with Gasteiger partial charge in [0.05, 0.1) is 0 Å². The summed E-state index contributed by atoms with van der Waals surface area (Å²) in [6.07, 6.45) is -6.92. The first-order valence-electron chi connectivity index (χ1n) is 3.77. The van der Waals surface area contributed by atoms with Gasteiger partial charge < -0.3 is 0 Å². The molecular formula is C7H10BrF5. The summed E-state index contributed by atoms with van der Waals surface area (Å²) < 4.78 is 59.7. The van der Waals surface area contributed by atoms with Crippen LogP contribution in [0.5, 0.6) is 0 Å². The highest BCUT2D eigenvalue weighted by Crippen LogP contribution is 2.34. The molecule has 0 atom stereocenters. The smallest absolute Gasteiger partial charge is 0.207 e. The first-order chi connectivity index (χ1) is 5.77. The van der Waals surface area contributed by atoms with E-state index in [1.165, 1.54) is 0 Å². The van der Waals surface area contributed by atoms with E-state index in [4.69, 9.17) is 0 Å². The number of halogens is 6. The van der Waals surface area contributed by atoms with Gasteiger partial charge in [-0.05, 0) is 12.8 Å². The van der Waals surface area contributed by atoms with Gasteiger partial charge in [-0.1, -0.05) is 15.9 Å². The number of hydrogen-bond acceptors (Lipinski definition) is 0.